The highest BCUT2D eigenvalue weighted by molar-refractivity contribution is 7.92. The van der Waals surface area contributed by atoms with Crippen LogP contribution in [0.3, 0.4) is 0 Å². The topological polar surface area (TPSA) is 55.2 Å². The molecule has 2 heterocycles. The first-order valence-electron chi connectivity index (χ1n) is 6.82. The molecule has 0 atom stereocenters. The average Bonchev–Trinajstić information content (AvgIpc) is 2.91. The minimum Gasteiger partial charge on any atom is -0.274 e. The van der Waals surface area contributed by atoms with Gasteiger partial charge in [-0.2, -0.15) is 13.5 Å². The van der Waals surface area contributed by atoms with Crippen molar-refractivity contribution in [2.24, 2.45) is 7.05 Å². The second-order valence-corrected chi connectivity index (χ2v) is 7.52. The predicted molar refractivity (Wildman–Crippen MR) is 82.2 cm³/mol. The Hall–Kier alpha value is -1.60. The molecule has 0 fully saturated rings. The monoisotopic (exact) mass is 343 g/mol. The molecule has 1 aromatic carbocycles. The number of fused-ring (bicyclic) bond motifs is 1. The number of aryl methyl sites for hydroxylation is 1. The van der Waals surface area contributed by atoms with E-state index in [2.05, 4.69) is 5.10 Å². The highest BCUT2D eigenvalue weighted by Crippen LogP contribution is 2.40. The summed E-state index contributed by atoms with van der Waals surface area (Å²) in [5, 5.41) is 4.04. The van der Waals surface area contributed by atoms with E-state index < -0.39 is 15.8 Å². The van der Waals surface area contributed by atoms with E-state index in [4.69, 9.17) is 11.6 Å². The Morgan fingerprint density at radius 3 is 2.77 bits per heavy atom. The highest BCUT2D eigenvalue weighted by atomic mass is 35.5. The van der Waals surface area contributed by atoms with Crippen LogP contribution in [0.4, 0.5) is 10.1 Å². The predicted octanol–water partition coefficient (Wildman–Crippen LogP) is 2.66. The van der Waals surface area contributed by atoms with Gasteiger partial charge < -0.3 is 0 Å². The molecule has 118 valence electrons. The Morgan fingerprint density at radius 1 is 1.41 bits per heavy atom. The summed E-state index contributed by atoms with van der Waals surface area (Å²) in [5.74, 6) is -0.416. The van der Waals surface area contributed by atoms with Crippen LogP contribution in [0.15, 0.2) is 23.4 Å². The van der Waals surface area contributed by atoms with E-state index in [0.717, 1.165) is 0 Å². The number of hydrogen-bond donors (Lipinski definition) is 0. The number of nitrogens with zero attached hydrogens (tertiary/aromatic N) is 3. The number of rotatable bonds is 2. The van der Waals surface area contributed by atoms with Gasteiger partial charge in [-0.05, 0) is 43.0 Å². The number of halogens is 2. The summed E-state index contributed by atoms with van der Waals surface area (Å²) in [6.07, 6.45) is 2.78. The van der Waals surface area contributed by atoms with Crippen LogP contribution in [0.1, 0.15) is 17.5 Å². The zero-order chi connectivity index (χ0) is 16.1. The van der Waals surface area contributed by atoms with Crippen molar-refractivity contribution in [3.63, 3.8) is 0 Å². The Labute approximate surface area is 133 Å². The van der Waals surface area contributed by atoms with E-state index in [1.165, 1.54) is 21.1 Å². The lowest BCUT2D eigenvalue weighted by atomic mass is 9.98. The summed E-state index contributed by atoms with van der Waals surface area (Å²) in [6, 6.07) is 2.61. The van der Waals surface area contributed by atoms with Gasteiger partial charge in [-0.1, -0.05) is 11.6 Å². The van der Waals surface area contributed by atoms with Gasteiger partial charge in [0.15, 0.2) is 5.03 Å². The summed E-state index contributed by atoms with van der Waals surface area (Å²) < 4.78 is 42.1. The number of anilines is 1. The zero-order valence-corrected chi connectivity index (χ0v) is 13.7. The second-order valence-electron chi connectivity index (χ2n) is 5.30. The molecular formula is C14H15ClFN3O2S. The Balaban J connectivity index is 2.19. The molecule has 0 amide bonds. The molecule has 5 nitrogen and oxygen atoms in total. The van der Waals surface area contributed by atoms with Gasteiger partial charge in [0.2, 0.25) is 0 Å². The van der Waals surface area contributed by atoms with E-state index in [0.29, 0.717) is 36.2 Å². The Morgan fingerprint density at radius 2 is 2.14 bits per heavy atom. The van der Waals surface area contributed by atoms with Crippen molar-refractivity contribution in [1.82, 2.24) is 9.78 Å². The molecule has 1 aliphatic rings. The van der Waals surface area contributed by atoms with Gasteiger partial charge in [0.25, 0.3) is 10.0 Å². The van der Waals surface area contributed by atoms with E-state index in [-0.39, 0.29) is 10.0 Å². The molecule has 0 saturated heterocycles. The number of hydrogen-bond acceptors (Lipinski definition) is 3. The minimum absolute atomic E-state index is 0.0408. The fourth-order valence-corrected chi connectivity index (χ4v) is 4.60. The summed E-state index contributed by atoms with van der Waals surface area (Å²) >= 11 is 6.14. The van der Waals surface area contributed by atoms with Crippen LogP contribution in [0, 0.1) is 12.7 Å². The molecule has 0 aliphatic carbocycles. The third-order valence-electron chi connectivity index (χ3n) is 3.86. The first kappa shape index (κ1) is 15.3. The van der Waals surface area contributed by atoms with Gasteiger partial charge in [-0.15, -0.1) is 0 Å². The molecule has 22 heavy (non-hydrogen) atoms. The van der Waals surface area contributed by atoms with E-state index >= 15 is 0 Å². The van der Waals surface area contributed by atoms with Crippen LogP contribution in [-0.4, -0.2) is 24.7 Å². The van der Waals surface area contributed by atoms with Crippen molar-refractivity contribution in [2.75, 3.05) is 10.8 Å². The van der Waals surface area contributed by atoms with Crippen LogP contribution in [-0.2, 0) is 23.5 Å². The maximum atomic E-state index is 13.8. The Kier molecular flexibility index (Phi) is 3.65. The summed E-state index contributed by atoms with van der Waals surface area (Å²) in [6.45, 7) is 1.94. The van der Waals surface area contributed by atoms with Crippen molar-refractivity contribution in [3.8, 4) is 0 Å². The van der Waals surface area contributed by atoms with Crippen molar-refractivity contribution < 1.29 is 12.8 Å². The minimum atomic E-state index is -3.81. The molecule has 2 aromatic rings. The molecule has 0 bridgehead atoms. The number of aromatic nitrogens is 2. The van der Waals surface area contributed by atoms with Gasteiger partial charge in [-0.25, -0.2) is 4.39 Å². The zero-order valence-electron chi connectivity index (χ0n) is 12.2. The van der Waals surface area contributed by atoms with Crippen molar-refractivity contribution >= 4 is 27.3 Å². The SMILES string of the molecule is Cc1c(F)cc(Cl)c2c1CCCN2S(=O)(=O)c1ccn(C)n1. The van der Waals surface area contributed by atoms with Gasteiger partial charge in [0.1, 0.15) is 5.82 Å². The van der Waals surface area contributed by atoms with Crippen LogP contribution in [0.5, 0.6) is 0 Å². The van der Waals surface area contributed by atoms with Crippen molar-refractivity contribution in [2.45, 2.75) is 24.8 Å². The van der Waals surface area contributed by atoms with Crippen molar-refractivity contribution in [3.05, 3.63) is 40.3 Å². The second kappa shape index (κ2) is 5.24. The van der Waals surface area contributed by atoms with Gasteiger partial charge >= 0.3 is 0 Å². The number of benzene rings is 1. The normalized spacial score (nSPS) is 15.0. The van der Waals surface area contributed by atoms with Crippen LogP contribution in [0.2, 0.25) is 5.02 Å². The lowest BCUT2D eigenvalue weighted by Crippen LogP contribution is -2.36. The molecule has 8 heteroatoms. The van der Waals surface area contributed by atoms with Gasteiger partial charge in [-0.3, -0.25) is 8.99 Å². The van der Waals surface area contributed by atoms with E-state index in [1.54, 1.807) is 20.2 Å². The first-order chi connectivity index (χ1) is 10.3. The fraction of sp³-hybridized carbons (Fsp3) is 0.357. The van der Waals surface area contributed by atoms with Crippen LogP contribution >= 0.6 is 11.6 Å². The third kappa shape index (κ3) is 2.28. The van der Waals surface area contributed by atoms with Crippen LogP contribution in [0.25, 0.3) is 0 Å². The maximum absolute atomic E-state index is 13.8. The standard InChI is InChI=1S/C14H15ClFN3O2S/c1-9-10-4-3-6-19(14(10)11(15)8-12(9)16)22(20,21)13-5-7-18(2)17-13/h5,7-8H,3-4,6H2,1-2H3. The fourth-order valence-electron chi connectivity index (χ4n) is 2.73. The molecule has 1 aromatic heterocycles. The van der Waals surface area contributed by atoms with E-state index in [1.807, 2.05) is 0 Å². The average molecular weight is 344 g/mol. The summed E-state index contributed by atoms with van der Waals surface area (Å²) in [5.41, 5.74) is 1.47. The molecule has 0 saturated carbocycles. The molecule has 1 aliphatic heterocycles. The molecule has 0 N–H and O–H groups in total. The largest absolute Gasteiger partial charge is 0.283 e. The lowest BCUT2D eigenvalue weighted by molar-refractivity contribution is 0.576. The Bertz CT molecular complexity index is 848. The van der Waals surface area contributed by atoms with Gasteiger partial charge in [0, 0.05) is 19.8 Å². The van der Waals surface area contributed by atoms with Crippen LogP contribution < -0.4 is 4.31 Å². The summed E-state index contributed by atoms with van der Waals surface area (Å²) in [4.78, 5) is 0. The van der Waals surface area contributed by atoms with Crippen molar-refractivity contribution in [1.29, 1.82) is 0 Å². The van der Waals surface area contributed by atoms with E-state index in [9.17, 15) is 12.8 Å². The quantitative estimate of drug-likeness (QED) is 0.842. The maximum Gasteiger partial charge on any atom is 0.283 e. The third-order valence-corrected chi connectivity index (χ3v) is 5.84. The summed E-state index contributed by atoms with van der Waals surface area (Å²) in [7, 11) is -2.16. The highest BCUT2D eigenvalue weighted by Gasteiger charge is 2.33. The smallest absolute Gasteiger partial charge is 0.274 e. The first-order valence-corrected chi connectivity index (χ1v) is 8.64. The molecule has 0 unspecified atom stereocenters. The number of sulfonamides is 1. The van der Waals surface area contributed by atoms with Gasteiger partial charge in [0.05, 0.1) is 10.7 Å². The molecule has 0 spiro atoms. The lowest BCUT2D eigenvalue weighted by Gasteiger charge is -2.31. The molecule has 0 radical (unpaired) electrons. The molecular weight excluding hydrogens is 329 g/mol. The molecule has 3 rings (SSSR count).